The molecule has 2 N–H and O–H groups in total. The van der Waals surface area contributed by atoms with Gasteiger partial charge in [-0.2, -0.15) is 4.99 Å². The topological polar surface area (TPSA) is 58.7 Å². The Morgan fingerprint density at radius 2 is 2.06 bits per heavy atom. The molecule has 17 heavy (non-hydrogen) atoms. The van der Waals surface area contributed by atoms with Crippen molar-refractivity contribution in [1.29, 1.82) is 0 Å². The molecule has 0 radical (unpaired) electrons. The van der Waals surface area contributed by atoms with E-state index in [4.69, 9.17) is 5.73 Å². The largest absolute Gasteiger partial charge is 0.385 e. The molecular weight excluding hydrogens is 221 g/mol. The zero-order valence-electron chi connectivity index (χ0n) is 9.14. The van der Waals surface area contributed by atoms with Crippen molar-refractivity contribution in [2.45, 2.75) is 24.9 Å². The van der Waals surface area contributed by atoms with Gasteiger partial charge in [0, 0.05) is 11.6 Å². The molecule has 1 fully saturated rings. The zero-order valence-corrected chi connectivity index (χ0v) is 9.14. The lowest BCUT2D eigenvalue weighted by Gasteiger charge is -2.24. The molecule has 2 amide bonds. The van der Waals surface area contributed by atoms with Crippen molar-refractivity contribution in [1.82, 2.24) is 4.90 Å². The highest BCUT2D eigenvalue weighted by Gasteiger charge is 2.44. The second kappa shape index (κ2) is 3.55. The number of urea groups is 1. The molecule has 1 aliphatic heterocycles. The summed E-state index contributed by atoms with van der Waals surface area (Å²) in [6, 6.07) is 5.66. The Morgan fingerprint density at radius 3 is 2.71 bits per heavy atom. The number of benzene rings is 1. The van der Waals surface area contributed by atoms with E-state index in [1.54, 1.807) is 23.1 Å². The Kier molecular flexibility index (Phi) is 2.14. The summed E-state index contributed by atoms with van der Waals surface area (Å²) in [5, 5.41) is 0. The Morgan fingerprint density at radius 1 is 1.35 bits per heavy atom. The molecule has 1 unspecified atom stereocenters. The number of amides is 2. The van der Waals surface area contributed by atoms with E-state index in [-0.39, 0.29) is 23.7 Å². The van der Waals surface area contributed by atoms with E-state index in [0.717, 1.165) is 12.8 Å². The average Bonchev–Trinajstić information content (AvgIpc) is 3.06. The summed E-state index contributed by atoms with van der Waals surface area (Å²) >= 11 is 0. The molecule has 0 saturated heterocycles. The molecule has 1 aromatic rings. The van der Waals surface area contributed by atoms with Gasteiger partial charge < -0.3 is 10.6 Å². The maximum atomic E-state index is 13.8. The first-order valence-corrected chi connectivity index (χ1v) is 5.59. The minimum absolute atomic E-state index is 0.164. The van der Waals surface area contributed by atoms with E-state index in [1.165, 1.54) is 6.07 Å². The summed E-state index contributed by atoms with van der Waals surface area (Å²) < 4.78 is 13.8. The van der Waals surface area contributed by atoms with Crippen LogP contribution in [0.4, 0.5) is 9.18 Å². The van der Waals surface area contributed by atoms with Crippen molar-refractivity contribution < 1.29 is 9.18 Å². The van der Waals surface area contributed by atoms with Gasteiger partial charge in [-0.15, -0.1) is 0 Å². The van der Waals surface area contributed by atoms with E-state index in [2.05, 4.69) is 4.99 Å². The van der Waals surface area contributed by atoms with Crippen molar-refractivity contribution in [2.75, 3.05) is 0 Å². The number of carbonyl (C=O) groups is 1. The standard InChI is InChI=1S/C12H12FN3O/c13-9-4-2-1-3-8(9)10-11(14)15-12(17)16(10)7-5-6-7/h1-4,7,10H,5-6H2,(H2,14,15,17). The third-order valence-electron chi connectivity index (χ3n) is 3.14. The maximum Gasteiger partial charge on any atom is 0.346 e. The highest BCUT2D eigenvalue weighted by atomic mass is 19.1. The van der Waals surface area contributed by atoms with Crippen LogP contribution in [0.25, 0.3) is 0 Å². The monoisotopic (exact) mass is 233 g/mol. The van der Waals surface area contributed by atoms with Gasteiger partial charge >= 0.3 is 6.03 Å². The fourth-order valence-corrected chi connectivity index (χ4v) is 2.21. The molecular formula is C12H12FN3O. The van der Waals surface area contributed by atoms with Crippen LogP contribution in [0.15, 0.2) is 29.3 Å². The number of rotatable bonds is 2. The van der Waals surface area contributed by atoms with Crippen LogP contribution >= 0.6 is 0 Å². The fraction of sp³-hybridized carbons (Fsp3) is 0.333. The number of hydrogen-bond acceptors (Lipinski definition) is 2. The molecule has 1 atom stereocenters. The van der Waals surface area contributed by atoms with Crippen LogP contribution in [0.1, 0.15) is 24.4 Å². The average molecular weight is 233 g/mol. The Labute approximate surface area is 97.9 Å². The first kappa shape index (κ1) is 10.3. The lowest BCUT2D eigenvalue weighted by Crippen LogP contribution is -2.35. The predicted octanol–water partition coefficient (Wildman–Crippen LogP) is 1.82. The van der Waals surface area contributed by atoms with Gasteiger partial charge in [0.25, 0.3) is 0 Å². The van der Waals surface area contributed by atoms with Gasteiger partial charge in [0.15, 0.2) is 0 Å². The number of hydrogen-bond donors (Lipinski definition) is 1. The first-order valence-electron chi connectivity index (χ1n) is 5.59. The molecule has 2 aliphatic rings. The second-order valence-electron chi connectivity index (χ2n) is 4.38. The quantitative estimate of drug-likeness (QED) is 0.847. The lowest BCUT2D eigenvalue weighted by atomic mass is 10.0. The SMILES string of the molecule is NC1=NC(=O)N(C2CC2)C1c1ccccc1F. The summed E-state index contributed by atoms with van der Waals surface area (Å²) in [6.45, 7) is 0. The van der Waals surface area contributed by atoms with Crippen molar-refractivity contribution in [2.24, 2.45) is 10.7 Å². The maximum absolute atomic E-state index is 13.8. The second-order valence-corrected chi connectivity index (χ2v) is 4.38. The molecule has 0 aromatic heterocycles. The van der Waals surface area contributed by atoms with Crippen molar-refractivity contribution in [3.8, 4) is 0 Å². The normalized spacial score (nSPS) is 24.1. The minimum atomic E-state index is -0.531. The van der Waals surface area contributed by atoms with Crippen LogP contribution in [-0.4, -0.2) is 22.8 Å². The van der Waals surface area contributed by atoms with E-state index in [1.807, 2.05) is 0 Å². The number of nitrogens with zero attached hydrogens (tertiary/aromatic N) is 2. The fourth-order valence-electron chi connectivity index (χ4n) is 2.21. The number of amidine groups is 1. The van der Waals surface area contributed by atoms with Crippen LogP contribution in [0.5, 0.6) is 0 Å². The molecule has 1 aromatic carbocycles. The smallest absolute Gasteiger partial charge is 0.346 e. The van der Waals surface area contributed by atoms with Crippen LogP contribution < -0.4 is 5.73 Å². The van der Waals surface area contributed by atoms with E-state index in [9.17, 15) is 9.18 Å². The van der Waals surface area contributed by atoms with Gasteiger partial charge in [0.05, 0.1) is 0 Å². The molecule has 88 valence electrons. The first-order chi connectivity index (χ1) is 8.18. The molecule has 3 rings (SSSR count). The number of aliphatic imine (C=N–C) groups is 1. The van der Waals surface area contributed by atoms with Gasteiger partial charge in [-0.25, -0.2) is 9.18 Å². The number of carbonyl (C=O) groups excluding carboxylic acids is 1. The molecule has 1 saturated carbocycles. The summed E-state index contributed by atoms with van der Waals surface area (Å²) in [5.41, 5.74) is 6.17. The van der Waals surface area contributed by atoms with Crippen LogP contribution in [0.2, 0.25) is 0 Å². The molecule has 0 spiro atoms. The van der Waals surface area contributed by atoms with E-state index < -0.39 is 6.04 Å². The third-order valence-corrected chi connectivity index (χ3v) is 3.14. The van der Waals surface area contributed by atoms with Crippen LogP contribution in [0, 0.1) is 5.82 Å². The van der Waals surface area contributed by atoms with E-state index >= 15 is 0 Å². The predicted molar refractivity (Wildman–Crippen MR) is 61.0 cm³/mol. The van der Waals surface area contributed by atoms with E-state index in [0.29, 0.717) is 5.56 Å². The van der Waals surface area contributed by atoms with Gasteiger partial charge in [-0.3, -0.25) is 0 Å². The van der Waals surface area contributed by atoms with Gasteiger partial charge in [0.2, 0.25) is 0 Å². The summed E-state index contributed by atoms with van der Waals surface area (Å²) in [4.78, 5) is 17.0. The summed E-state index contributed by atoms with van der Waals surface area (Å²) in [6.07, 6.45) is 1.89. The molecule has 5 heteroatoms. The minimum Gasteiger partial charge on any atom is -0.385 e. The lowest BCUT2D eigenvalue weighted by molar-refractivity contribution is 0.202. The third kappa shape index (κ3) is 1.58. The Bertz CT molecular complexity index is 510. The van der Waals surface area contributed by atoms with Crippen molar-refractivity contribution >= 4 is 11.9 Å². The Hall–Kier alpha value is -1.91. The highest BCUT2D eigenvalue weighted by molar-refractivity contribution is 6.03. The number of nitrogens with two attached hydrogens (primary N) is 1. The van der Waals surface area contributed by atoms with Crippen LogP contribution in [-0.2, 0) is 0 Å². The molecule has 4 nitrogen and oxygen atoms in total. The van der Waals surface area contributed by atoms with Gasteiger partial charge in [0.1, 0.15) is 17.7 Å². The zero-order chi connectivity index (χ0) is 12.0. The van der Waals surface area contributed by atoms with Crippen molar-refractivity contribution in [3.05, 3.63) is 35.6 Å². The van der Waals surface area contributed by atoms with Crippen LogP contribution in [0.3, 0.4) is 0 Å². The molecule has 1 heterocycles. The number of halogens is 1. The highest BCUT2D eigenvalue weighted by Crippen LogP contribution is 2.38. The van der Waals surface area contributed by atoms with Gasteiger partial charge in [-0.1, -0.05) is 18.2 Å². The summed E-state index contributed by atoms with van der Waals surface area (Å²) in [7, 11) is 0. The molecule has 1 aliphatic carbocycles. The van der Waals surface area contributed by atoms with Crippen molar-refractivity contribution in [3.63, 3.8) is 0 Å². The summed E-state index contributed by atoms with van der Waals surface area (Å²) in [5.74, 6) is -0.164. The van der Waals surface area contributed by atoms with Gasteiger partial charge in [-0.05, 0) is 18.9 Å². The molecule has 0 bridgehead atoms. The Balaban J connectivity index is 2.03.